The molecule has 2 atom stereocenters. The van der Waals surface area contributed by atoms with Gasteiger partial charge in [0.05, 0.1) is 4.90 Å². The van der Waals surface area contributed by atoms with E-state index in [1.807, 2.05) is 0 Å². The molecule has 1 N–H and O–H groups in total. The monoisotopic (exact) mass is 407 g/mol. The fourth-order valence-corrected chi connectivity index (χ4v) is 6.07. The molecule has 0 bridgehead atoms. The molecule has 0 aliphatic carbocycles. The van der Waals surface area contributed by atoms with Gasteiger partial charge in [-0.2, -0.15) is 4.31 Å². The predicted octanol–water partition coefficient (Wildman–Crippen LogP) is 2.57. The summed E-state index contributed by atoms with van der Waals surface area (Å²) in [5.74, 6) is 0.601. The number of rotatable bonds is 5. The van der Waals surface area contributed by atoms with E-state index in [0.717, 1.165) is 38.9 Å². The Hall–Kier alpha value is -1.44. The summed E-state index contributed by atoms with van der Waals surface area (Å²) in [5.41, 5.74) is 0.511. The van der Waals surface area contributed by atoms with Crippen LogP contribution in [0.4, 0.5) is 0 Å². The quantitative estimate of drug-likeness (QED) is 0.814. The average Bonchev–Trinajstić information content (AvgIpc) is 2.68. The summed E-state index contributed by atoms with van der Waals surface area (Å²) >= 11 is 0. The number of nitrogens with one attached hydrogen (secondary N) is 1. The lowest BCUT2D eigenvalue weighted by Gasteiger charge is -2.34. The minimum absolute atomic E-state index is 0.126. The lowest BCUT2D eigenvalue weighted by atomic mass is 9.94. The van der Waals surface area contributed by atoms with E-state index in [-0.39, 0.29) is 16.8 Å². The fourth-order valence-electron chi connectivity index (χ4n) is 4.39. The van der Waals surface area contributed by atoms with Crippen molar-refractivity contribution in [1.29, 1.82) is 0 Å². The van der Waals surface area contributed by atoms with Gasteiger partial charge in [0, 0.05) is 37.8 Å². The van der Waals surface area contributed by atoms with Crippen molar-refractivity contribution in [3.8, 4) is 0 Å². The van der Waals surface area contributed by atoms with Crippen molar-refractivity contribution in [2.75, 3.05) is 32.7 Å². The number of hydrogen-bond acceptors (Lipinski definition) is 4. The molecule has 2 saturated heterocycles. The maximum atomic E-state index is 13.0. The second-order valence-electron chi connectivity index (χ2n) is 8.47. The third kappa shape index (κ3) is 4.93. The summed E-state index contributed by atoms with van der Waals surface area (Å²) in [4.78, 5) is 15.2. The largest absolute Gasteiger partial charge is 0.349 e. The van der Waals surface area contributed by atoms with E-state index in [1.54, 1.807) is 28.6 Å². The van der Waals surface area contributed by atoms with Gasteiger partial charge in [-0.3, -0.25) is 4.79 Å². The Labute approximate surface area is 169 Å². The van der Waals surface area contributed by atoms with Crippen molar-refractivity contribution in [2.45, 2.75) is 51.0 Å². The van der Waals surface area contributed by atoms with Crippen LogP contribution in [-0.4, -0.2) is 62.3 Å². The van der Waals surface area contributed by atoms with Crippen LogP contribution in [0, 0.1) is 11.8 Å². The molecule has 0 radical (unpaired) electrons. The van der Waals surface area contributed by atoms with Crippen LogP contribution in [0.3, 0.4) is 0 Å². The number of carbonyl (C=O) groups excluding carboxylic acids is 1. The number of likely N-dealkylation sites (tertiary alicyclic amines) is 1. The summed E-state index contributed by atoms with van der Waals surface area (Å²) in [7, 11) is -3.51. The number of benzene rings is 1. The smallest absolute Gasteiger partial charge is 0.251 e. The van der Waals surface area contributed by atoms with Gasteiger partial charge >= 0.3 is 0 Å². The minimum Gasteiger partial charge on any atom is -0.349 e. The summed E-state index contributed by atoms with van der Waals surface area (Å²) in [6, 6.07) is 6.57. The van der Waals surface area contributed by atoms with Crippen molar-refractivity contribution >= 4 is 15.9 Å². The molecule has 7 heteroatoms. The first kappa shape index (κ1) is 21.3. The van der Waals surface area contributed by atoms with E-state index >= 15 is 0 Å². The Morgan fingerprint density at radius 2 is 1.64 bits per heavy atom. The van der Waals surface area contributed by atoms with Gasteiger partial charge in [0.25, 0.3) is 5.91 Å². The highest BCUT2D eigenvalue weighted by atomic mass is 32.2. The van der Waals surface area contributed by atoms with Crippen LogP contribution >= 0.6 is 0 Å². The zero-order chi connectivity index (χ0) is 20.3. The van der Waals surface area contributed by atoms with E-state index in [0.29, 0.717) is 30.5 Å². The highest BCUT2D eigenvalue weighted by Gasteiger charge is 2.31. The summed E-state index contributed by atoms with van der Waals surface area (Å²) in [6.45, 7) is 10.5. The van der Waals surface area contributed by atoms with Crippen LogP contribution in [0.2, 0.25) is 0 Å². The Bertz CT molecular complexity index is 761. The van der Waals surface area contributed by atoms with Crippen molar-refractivity contribution in [3.05, 3.63) is 29.8 Å². The van der Waals surface area contributed by atoms with Crippen LogP contribution in [0.15, 0.2) is 29.2 Å². The third-order valence-corrected chi connectivity index (χ3v) is 7.81. The first-order valence-electron chi connectivity index (χ1n) is 10.4. The van der Waals surface area contributed by atoms with Gasteiger partial charge in [0.1, 0.15) is 0 Å². The number of nitrogens with zero attached hydrogens (tertiary/aromatic N) is 2. The van der Waals surface area contributed by atoms with E-state index in [2.05, 4.69) is 31.0 Å². The molecular weight excluding hydrogens is 374 g/mol. The highest BCUT2D eigenvalue weighted by molar-refractivity contribution is 7.89. The van der Waals surface area contributed by atoms with Gasteiger partial charge in [-0.25, -0.2) is 8.42 Å². The highest BCUT2D eigenvalue weighted by Crippen LogP contribution is 2.26. The van der Waals surface area contributed by atoms with Crippen LogP contribution in [-0.2, 0) is 10.0 Å². The summed E-state index contributed by atoms with van der Waals surface area (Å²) in [6.07, 6.45) is 2.97. The molecule has 1 amide bonds. The molecule has 28 heavy (non-hydrogen) atoms. The molecule has 156 valence electrons. The molecule has 3 rings (SSSR count). The van der Waals surface area contributed by atoms with Crippen molar-refractivity contribution in [2.24, 2.45) is 11.8 Å². The summed E-state index contributed by atoms with van der Waals surface area (Å²) in [5, 5.41) is 3.09. The number of piperidine rings is 2. The van der Waals surface area contributed by atoms with Crippen molar-refractivity contribution < 1.29 is 13.2 Å². The van der Waals surface area contributed by atoms with E-state index < -0.39 is 10.0 Å². The molecule has 0 spiro atoms. The average molecular weight is 408 g/mol. The lowest BCUT2D eigenvalue weighted by Crippen LogP contribution is -2.44. The summed E-state index contributed by atoms with van der Waals surface area (Å²) < 4.78 is 27.5. The normalized spacial score (nSPS) is 25.5. The maximum Gasteiger partial charge on any atom is 0.251 e. The van der Waals surface area contributed by atoms with E-state index in [1.165, 1.54) is 0 Å². The van der Waals surface area contributed by atoms with Gasteiger partial charge in [-0.15, -0.1) is 0 Å². The number of amides is 1. The van der Waals surface area contributed by atoms with Crippen molar-refractivity contribution in [1.82, 2.24) is 14.5 Å². The molecule has 2 fully saturated rings. The molecule has 1 aromatic rings. The van der Waals surface area contributed by atoms with Crippen LogP contribution in [0.5, 0.6) is 0 Å². The minimum atomic E-state index is -3.51. The van der Waals surface area contributed by atoms with Crippen molar-refractivity contribution in [3.63, 3.8) is 0 Å². The van der Waals surface area contributed by atoms with Gasteiger partial charge in [0.2, 0.25) is 10.0 Å². The molecule has 0 aromatic heterocycles. The van der Waals surface area contributed by atoms with E-state index in [9.17, 15) is 13.2 Å². The molecule has 1 aromatic carbocycles. The molecule has 2 heterocycles. The van der Waals surface area contributed by atoms with E-state index in [4.69, 9.17) is 0 Å². The maximum absolute atomic E-state index is 13.0. The Balaban J connectivity index is 1.63. The molecule has 0 unspecified atom stereocenters. The van der Waals surface area contributed by atoms with Gasteiger partial charge < -0.3 is 10.2 Å². The van der Waals surface area contributed by atoms with Gasteiger partial charge in [0.15, 0.2) is 0 Å². The Morgan fingerprint density at radius 3 is 2.18 bits per heavy atom. The van der Waals surface area contributed by atoms with Gasteiger partial charge in [-0.05, 0) is 61.9 Å². The Kier molecular flexibility index (Phi) is 6.78. The standard InChI is InChI=1S/C21H33N3O3S/c1-4-23-11-9-19(10-12-23)22-21(25)18-5-7-20(8-6-18)28(26,27)24-14-16(2)13-17(3)15-24/h5-8,16-17,19H,4,9-15H2,1-3H3,(H,22,25)/t16-,17+. The second kappa shape index (κ2) is 8.93. The number of carbonyl (C=O) groups is 1. The third-order valence-electron chi connectivity index (χ3n) is 5.96. The number of hydrogen-bond donors (Lipinski definition) is 1. The molecule has 2 aliphatic heterocycles. The predicted molar refractivity (Wildman–Crippen MR) is 111 cm³/mol. The fraction of sp³-hybridized carbons (Fsp3) is 0.667. The zero-order valence-electron chi connectivity index (χ0n) is 17.2. The molecular formula is C21H33N3O3S. The Morgan fingerprint density at radius 1 is 1.07 bits per heavy atom. The zero-order valence-corrected chi connectivity index (χ0v) is 18.0. The first-order valence-corrected chi connectivity index (χ1v) is 11.9. The van der Waals surface area contributed by atoms with Crippen LogP contribution in [0.1, 0.15) is 50.4 Å². The molecule has 6 nitrogen and oxygen atoms in total. The molecule has 2 aliphatic rings. The van der Waals surface area contributed by atoms with Crippen LogP contribution in [0.25, 0.3) is 0 Å². The lowest BCUT2D eigenvalue weighted by molar-refractivity contribution is 0.0912. The second-order valence-corrected chi connectivity index (χ2v) is 10.4. The number of sulfonamides is 1. The first-order chi connectivity index (χ1) is 13.3. The van der Waals surface area contributed by atoms with Crippen LogP contribution < -0.4 is 5.32 Å². The molecule has 0 saturated carbocycles. The topological polar surface area (TPSA) is 69.7 Å². The SMILES string of the molecule is CCN1CCC(NC(=O)c2ccc(S(=O)(=O)N3C[C@H](C)C[C@H](C)C3)cc2)CC1. The van der Waals surface area contributed by atoms with Gasteiger partial charge in [-0.1, -0.05) is 20.8 Å².